The molecular weight excluding hydrogens is 254 g/mol. The predicted octanol–water partition coefficient (Wildman–Crippen LogP) is 3.30. The first-order valence-electron chi connectivity index (χ1n) is 5.57. The van der Waals surface area contributed by atoms with Gasteiger partial charge in [-0.15, -0.1) is 11.3 Å². The molecule has 1 atom stereocenters. The summed E-state index contributed by atoms with van der Waals surface area (Å²) in [5.41, 5.74) is 7.23. The zero-order valence-corrected chi connectivity index (χ0v) is 11.5. The van der Waals surface area contributed by atoms with Crippen LogP contribution >= 0.6 is 22.9 Å². The number of thiophene rings is 1. The summed E-state index contributed by atoms with van der Waals surface area (Å²) in [6.45, 7) is 5.02. The zero-order chi connectivity index (χ0) is 12.4. The molecule has 1 unspecified atom stereocenters. The minimum absolute atomic E-state index is 0.0212. The summed E-state index contributed by atoms with van der Waals surface area (Å²) in [6.07, 6.45) is 3.67. The highest BCUT2D eigenvalue weighted by atomic mass is 35.5. The largest absolute Gasteiger partial charge is 0.328 e. The van der Waals surface area contributed by atoms with E-state index in [2.05, 4.69) is 23.4 Å². The fraction of sp³-hybridized carbons (Fsp3) is 0.417. The molecule has 92 valence electrons. The second-order valence-electron chi connectivity index (χ2n) is 4.42. The van der Waals surface area contributed by atoms with Crippen molar-refractivity contribution in [3.05, 3.63) is 39.6 Å². The third kappa shape index (κ3) is 2.89. The van der Waals surface area contributed by atoms with E-state index < -0.39 is 0 Å². The van der Waals surface area contributed by atoms with E-state index in [1.807, 2.05) is 24.7 Å². The van der Waals surface area contributed by atoms with Gasteiger partial charge in [-0.05, 0) is 18.1 Å². The quantitative estimate of drug-likeness (QED) is 0.926. The number of aromatic nitrogens is 2. The SMILES string of the molecule is CC(C)C(N)c1cncn1Cc1ccc(Cl)s1. The van der Waals surface area contributed by atoms with Crippen LogP contribution in [0.5, 0.6) is 0 Å². The van der Waals surface area contributed by atoms with Crippen molar-refractivity contribution < 1.29 is 0 Å². The molecule has 3 nitrogen and oxygen atoms in total. The van der Waals surface area contributed by atoms with Gasteiger partial charge in [-0.3, -0.25) is 0 Å². The first-order valence-corrected chi connectivity index (χ1v) is 6.77. The molecule has 0 aliphatic rings. The van der Waals surface area contributed by atoms with Gasteiger partial charge in [0.2, 0.25) is 0 Å². The number of hydrogen-bond acceptors (Lipinski definition) is 3. The van der Waals surface area contributed by atoms with Crippen molar-refractivity contribution in [1.82, 2.24) is 9.55 Å². The molecule has 0 amide bonds. The van der Waals surface area contributed by atoms with Crippen LogP contribution in [0.1, 0.15) is 30.5 Å². The van der Waals surface area contributed by atoms with Gasteiger partial charge < -0.3 is 10.3 Å². The van der Waals surface area contributed by atoms with Gasteiger partial charge in [-0.1, -0.05) is 25.4 Å². The average molecular weight is 270 g/mol. The average Bonchev–Trinajstić information content (AvgIpc) is 2.87. The van der Waals surface area contributed by atoms with Gasteiger partial charge in [0.1, 0.15) is 0 Å². The summed E-state index contributed by atoms with van der Waals surface area (Å²) in [5.74, 6) is 0.400. The van der Waals surface area contributed by atoms with Crippen molar-refractivity contribution in [2.75, 3.05) is 0 Å². The van der Waals surface area contributed by atoms with Crippen molar-refractivity contribution in [1.29, 1.82) is 0 Å². The van der Waals surface area contributed by atoms with Crippen molar-refractivity contribution in [3.8, 4) is 0 Å². The summed E-state index contributed by atoms with van der Waals surface area (Å²) in [6, 6.07) is 3.98. The summed E-state index contributed by atoms with van der Waals surface area (Å²) in [4.78, 5) is 5.40. The van der Waals surface area contributed by atoms with E-state index in [4.69, 9.17) is 17.3 Å². The van der Waals surface area contributed by atoms with Crippen LogP contribution in [0.3, 0.4) is 0 Å². The molecule has 2 heterocycles. The van der Waals surface area contributed by atoms with Crippen LogP contribution < -0.4 is 5.73 Å². The molecule has 0 spiro atoms. The monoisotopic (exact) mass is 269 g/mol. The van der Waals surface area contributed by atoms with E-state index in [1.54, 1.807) is 11.3 Å². The Morgan fingerprint density at radius 3 is 2.82 bits per heavy atom. The van der Waals surface area contributed by atoms with Crippen LogP contribution in [0.25, 0.3) is 0 Å². The second-order valence-corrected chi connectivity index (χ2v) is 6.22. The van der Waals surface area contributed by atoms with E-state index in [-0.39, 0.29) is 6.04 Å². The number of nitrogens with zero attached hydrogens (tertiary/aromatic N) is 2. The second kappa shape index (κ2) is 5.21. The highest BCUT2D eigenvalue weighted by Crippen LogP contribution is 2.24. The van der Waals surface area contributed by atoms with Crippen molar-refractivity contribution in [3.63, 3.8) is 0 Å². The number of nitrogens with two attached hydrogens (primary N) is 1. The number of rotatable bonds is 4. The molecule has 5 heteroatoms. The molecular formula is C12H16ClN3S. The van der Waals surface area contributed by atoms with Crippen LogP contribution in [0.2, 0.25) is 4.34 Å². The van der Waals surface area contributed by atoms with Crippen molar-refractivity contribution in [2.45, 2.75) is 26.4 Å². The molecule has 2 rings (SSSR count). The van der Waals surface area contributed by atoms with Crippen LogP contribution in [-0.2, 0) is 6.54 Å². The van der Waals surface area contributed by atoms with Crippen molar-refractivity contribution >= 4 is 22.9 Å². The van der Waals surface area contributed by atoms with E-state index in [0.29, 0.717) is 5.92 Å². The summed E-state index contributed by atoms with van der Waals surface area (Å²) in [5, 5.41) is 0. The van der Waals surface area contributed by atoms with Crippen LogP contribution in [0, 0.1) is 5.92 Å². The third-order valence-electron chi connectivity index (χ3n) is 2.76. The fourth-order valence-corrected chi connectivity index (χ4v) is 2.77. The van der Waals surface area contributed by atoms with E-state index in [1.165, 1.54) is 4.88 Å². The molecule has 0 fully saturated rings. The number of imidazole rings is 1. The van der Waals surface area contributed by atoms with Gasteiger partial charge in [-0.25, -0.2) is 4.98 Å². The van der Waals surface area contributed by atoms with Gasteiger partial charge in [-0.2, -0.15) is 0 Å². The normalized spacial score (nSPS) is 13.2. The summed E-state index contributed by atoms with van der Waals surface area (Å²) >= 11 is 7.51. The van der Waals surface area contributed by atoms with Gasteiger partial charge in [0.05, 0.1) is 22.9 Å². The Bertz CT molecular complexity index is 489. The van der Waals surface area contributed by atoms with Crippen LogP contribution in [-0.4, -0.2) is 9.55 Å². The van der Waals surface area contributed by atoms with Crippen molar-refractivity contribution in [2.24, 2.45) is 11.7 Å². The highest BCUT2D eigenvalue weighted by molar-refractivity contribution is 7.16. The molecule has 0 bridgehead atoms. The molecule has 0 saturated heterocycles. The van der Waals surface area contributed by atoms with Crippen LogP contribution in [0.4, 0.5) is 0 Å². The smallest absolute Gasteiger partial charge is 0.0952 e. The molecule has 2 aromatic rings. The molecule has 0 aliphatic heterocycles. The zero-order valence-electron chi connectivity index (χ0n) is 9.93. The molecule has 0 aromatic carbocycles. The van der Waals surface area contributed by atoms with Gasteiger partial charge in [0.25, 0.3) is 0 Å². The molecule has 0 aliphatic carbocycles. The molecule has 2 aromatic heterocycles. The highest BCUT2D eigenvalue weighted by Gasteiger charge is 2.15. The maximum Gasteiger partial charge on any atom is 0.0952 e. The first-order chi connectivity index (χ1) is 8.08. The lowest BCUT2D eigenvalue weighted by Crippen LogP contribution is -2.20. The lowest BCUT2D eigenvalue weighted by molar-refractivity contribution is 0.485. The van der Waals surface area contributed by atoms with Gasteiger partial charge >= 0.3 is 0 Å². The Hall–Kier alpha value is -0.840. The Labute approximate surface area is 110 Å². The lowest BCUT2D eigenvalue weighted by Gasteiger charge is -2.17. The summed E-state index contributed by atoms with van der Waals surface area (Å²) in [7, 11) is 0. The standard InChI is InChI=1S/C12H16ClN3S/c1-8(2)12(14)10-5-15-7-16(10)6-9-3-4-11(13)17-9/h3-5,7-8,12H,6,14H2,1-2H3. The molecule has 17 heavy (non-hydrogen) atoms. The molecule has 0 saturated carbocycles. The Kier molecular flexibility index (Phi) is 3.86. The van der Waals surface area contributed by atoms with E-state index in [0.717, 1.165) is 16.6 Å². The topological polar surface area (TPSA) is 43.8 Å². The maximum atomic E-state index is 6.16. The molecule has 2 N–H and O–H groups in total. The third-order valence-corrected chi connectivity index (χ3v) is 3.98. The van der Waals surface area contributed by atoms with Crippen LogP contribution in [0.15, 0.2) is 24.7 Å². The lowest BCUT2D eigenvalue weighted by atomic mass is 10.0. The Morgan fingerprint density at radius 1 is 1.47 bits per heavy atom. The number of halogens is 1. The maximum absolute atomic E-state index is 6.16. The minimum atomic E-state index is 0.0212. The number of hydrogen-bond donors (Lipinski definition) is 1. The van der Waals surface area contributed by atoms with E-state index >= 15 is 0 Å². The molecule has 0 radical (unpaired) electrons. The fourth-order valence-electron chi connectivity index (χ4n) is 1.69. The first kappa shape index (κ1) is 12.6. The Balaban J connectivity index is 2.19. The Morgan fingerprint density at radius 2 is 2.24 bits per heavy atom. The predicted molar refractivity (Wildman–Crippen MR) is 72.4 cm³/mol. The summed E-state index contributed by atoms with van der Waals surface area (Å²) < 4.78 is 2.90. The minimum Gasteiger partial charge on any atom is -0.328 e. The van der Waals surface area contributed by atoms with Gasteiger partial charge in [0, 0.05) is 17.1 Å². The van der Waals surface area contributed by atoms with E-state index in [9.17, 15) is 0 Å². The van der Waals surface area contributed by atoms with Gasteiger partial charge in [0.15, 0.2) is 0 Å².